The van der Waals surface area contributed by atoms with Crippen LogP contribution in [0.4, 0.5) is 5.69 Å². The van der Waals surface area contributed by atoms with Gasteiger partial charge in [0.2, 0.25) is 0 Å². The number of para-hydroxylation sites is 1. The minimum absolute atomic E-state index is 0.152. The smallest absolute Gasteiger partial charge is 0.276 e. The highest BCUT2D eigenvalue weighted by atomic mass is 32.1. The number of carbonyl (C=O) groups is 1. The van der Waals surface area contributed by atoms with Crippen molar-refractivity contribution < 1.29 is 4.79 Å². The van der Waals surface area contributed by atoms with Gasteiger partial charge >= 0.3 is 0 Å². The van der Waals surface area contributed by atoms with Gasteiger partial charge in [0, 0.05) is 24.3 Å². The highest BCUT2D eigenvalue weighted by Crippen LogP contribution is 2.16. The van der Waals surface area contributed by atoms with E-state index >= 15 is 0 Å². The topological polar surface area (TPSA) is 59.2 Å². The summed E-state index contributed by atoms with van der Waals surface area (Å²) >= 11 is 4.91. The van der Waals surface area contributed by atoms with Crippen molar-refractivity contribution >= 4 is 28.8 Å². The summed E-state index contributed by atoms with van der Waals surface area (Å²) in [6, 6.07) is 14.8. The van der Waals surface area contributed by atoms with Crippen LogP contribution in [-0.4, -0.2) is 22.4 Å². The van der Waals surface area contributed by atoms with Crippen LogP contribution in [0.3, 0.4) is 0 Å². The van der Waals surface area contributed by atoms with E-state index in [2.05, 4.69) is 4.98 Å². The van der Waals surface area contributed by atoms with Crippen LogP contribution in [0.15, 0.2) is 48.5 Å². The third-order valence-corrected chi connectivity index (χ3v) is 3.21. The summed E-state index contributed by atoms with van der Waals surface area (Å²) in [6.07, 6.45) is 0.474. The molecular formula is C16H17N3OS. The Morgan fingerprint density at radius 2 is 1.90 bits per heavy atom. The van der Waals surface area contributed by atoms with Gasteiger partial charge in [0.15, 0.2) is 0 Å². The fourth-order valence-electron chi connectivity index (χ4n) is 1.98. The normalized spacial score (nSPS) is 10.1. The summed E-state index contributed by atoms with van der Waals surface area (Å²) in [7, 11) is 0. The van der Waals surface area contributed by atoms with Crippen LogP contribution in [-0.2, 0) is 0 Å². The minimum atomic E-state index is -0.152. The number of rotatable bonds is 5. The van der Waals surface area contributed by atoms with Crippen molar-refractivity contribution in [3.05, 3.63) is 59.9 Å². The van der Waals surface area contributed by atoms with Gasteiger partial charge in [-0.05, 0) is 31.2 Å². The molecule has 1 aromatic carbocycles. The molecule has 0 saturated heterocycles. The first-order chi connectivity index (χ1) is 10.1. The summed E-state index contributed by atoms with van der Waals surface area (Å²) in [4.78, 5) is 19.0. The number of anilines is 1. The summed E-state index contributed by atoms with van der Waals surface area (Å²) in [6.45, 7) is 2.30. The molecule has 0 radical (unpaired) electrons. The Hall–Kier alpha value is -2.27. The van der Waals surface area contributed by atoms with E-state index in [9.17, 15) is 4.79 Å². The molecule has 0 aliphatic heterocycles. The average Bonchev–Trinajstić information content (AvgIpc) is 2.48. The zero-order valence-electron chi connectivity index (χ0n) is 11.8. The first-order valence-electron chi connectivity index (χ1n) is 6.67. The van der Waals surface area contributed by atoms with Crippen molar-refractivity contribution in [2.45, 2.75) is 13.3 Å². The molecule has 0 saturated carbocycles. The van der Waals surface area contributed by atoms with Crippen molar-refractivity contribution in [2.75, 3.05) is 11.4 Å². The van der Waals surface area contributed by atoms with E-state index in [1.807, 2.05) is 49.4 Å². The molecule has 0 aliphatic carbocycles. The van der Waals surface area contributed by atoms with Gasteiger partial charge in [-0.2, -0.15) is 0 Å². The monoisotopic (exact) mass is 299 g/mol. The maximum atomic E-state index is 12.7. The van der Waals surface area contributed by atoms with Crippen LogP contribution in [0.5, 0.6) is 0 Å². The van der Waals surface area contributed by atoms with Gasteiger partial charge in [-0.3, -0.25) is 4.79 Å². The van der Waals surface area contributed by atoms with E-state index in [1.165, 1.54) is 0 Å². The number of pyridine rings is 1. The summed E-state index contributed by atoms with van der Waals surface area (Å²) < 4.78 is 0. The number of nitrogens with zero attached hydrogens (tertiary/aromatic N) is 2. The molecule has 0 atom stereocenters. The van der Waals surface area contributed by atoms with Crippen molar-refractivity contribution in [1.82, 2.24) is 4.98 Å². The summed E-state index contributed by atoms with van der Waals surface area (Å²) in [5, 5.41) is 0. The molecule has 0 unspecified atom stereocenters. The Kier molecular flexibility index (Phi) is 5.00. The van der Waals surface area contributed by atoms with E-state index in [0.29, 0.717) is 23.6 Å². The number of benzene rings is 1. The fraction of sp³-hybridized carbons (Fsp3) is 0.188. The van der Waals surface area contributed by atoms with Gasteiger partial charge in [-0.15, -0.1) is 0 Å². The fourth-order valence-corrected chi connectivity index (χ4v) is 2.07. The van der Waals surface area contributed by atoms with Crippen molar-refractivity contribution in [2.24, 2.45) is 5.73 Å². The molecule has 0 aliphatic rings. The number of hydrogen-bond donors (Lipinski definition) is 1. The average molecular weight is 299 g/mol. The number of carbonyl (C=O) groups excluding carboxylic acids is 1. The number of aryl methyl sites for hydroxylation is 1. The van der Waals surface area contributed by atoms with Gasteiger partial charge in [0.1, 0.15) is 5.69 Å². The Morgan fingerprint density at radius 3 is 2.52 bits per heavy atom. The molecule has 1 heterocycles. The SMILES string of the molecule is Cc1cccc(C(=O)N(CCC(N)=S)c2ccccc2)n1. The van der Waals surface area contributed by atoms with Crippen LogP contribution in [0.1, 0.15) is 22.6 Å². The molecule has 0 fully saturated rings. The van der Waals surface area contributed by atoms with E-state index in [1.54, 1.807) is 11.0 Å². The Bertz CT molecular complexity index is 643. The molecule has 0 bridgehead atoms. The lowest BCUT2D eigenvalue weighted by molar-refractivity contribution is 0.0982. The van der Waals surface area contributed by atoms with E-state index < -0.39 is 0 Å². The first kappa shape index (κ1) is 15.1. The predicted molar refractivity (Wildman–Crippen MR) is 88.5 cm³/mol. The van der Waals surface area contributed by atoms with Crippen LogP contribution in [0.25, 0.3) is 0 Å². The summed E-state index contributed by atoms with van der Waals surface area (Å²) in [5.41, 5.74) is 7.59. The molecule has 2 aromatic rings. The van der Waals surface area contributed by atoms with Crippen molar-refractivity contribution in [3.63, 3.8) is 0 Å². The van der Waals surface area contributed by atoms with Crippen LogP contribution in [0.2, 0.25) is 0 Å². The Morgan fingerprint density at radius 1 is 1.19 bits per heavy atom. The number of hydrogen-bond acceptors (Lipinski definition) is 3. The highest BCUT2D eigenvalue weighted by Gasteiger charge is 2.18. The first-order valence-corrected chi connectivity index (χ1v) is 7.07. The minimum Gasteiger partial charge on any atom is -0.393 e. The van der Waals surface area contributed by atoms with Crippen molar-refractivity contribution in [1.29, 1.82) is 0 Å². The van der Waals surface area contributed by atoms with Crippen molar-refractivity contribution in [3.8, 4) is 0 Å². The van der Waals surface area contributed by atoms with E-state index in [4.69, 9.17) is 18.0 Å². The third kappa shape index (κ3) is 4.10. The molecule has 1 amide bonds. The van der Waals surface area contributed by atoms with Gasteiger partial charge in [-0.25, -0.2) is 4.98 Å². The zero-order chi connectivity index (χ0) is 15.2. The molecule has 1 aromatic heterocycles. The second-order valence-corrected chi connectivity index (χ2v) is 5.20. The maximum absolute atomic E-state index is 12.7. The van der Waals surface area contributed by atoms with Gasteiger partial charge in [0.05, 0.1) is 4.99 Å². The molecular weight excluding hydrogens is 282 g/mol. The van der Waals surface area contributed by atoms with Gasteiger partial charge < -0.3 is 10.6 Å². The van der Waals surface area contributed by atoms with E-state index in [-0.39, 0.29) is 5.91 Å². The molecule has 108 valence electrons. The number of amides is 1. The zero-order valence-corrected chi connectivity index (χ0v) is 12.6. The molecule has 4 nitrogen and oxygen atoms in total. The van der Waals surface area contributed by atoms with Crippen LogP contribution in [0, 0.1) is 6.92 Å². The Balaban J connectivity index is 2.30. The lowest BCUT2D eigenvalue weighted by Crippen LogP contribution is -2.34. The summed E-state index contributed by atoms with van der Waals surface area (Å²) in [5.74, 6) is -0.152. The number of nitrogens with two attached hydrogens (primary N) is 1. The molecule has 5 heteroatoms. The molecule has 21 heavy (non-hydrogen) atoms. The second kappa shape index (κ2) is 6.95. The maximum Gasteiger partial charge on any atom is 0.276 e. The van der Waals surface area contributed by atoms with E-state index in [0.717, 1.165) is 11.4 Å². The number of thiocarbonyl (C=S) groups is 1. The Labute approximate surface area is 129 Å². The highest BCUT2D eigenvalue weighted by molar-refractivity contribution is 7.80. The standard InChI is InChI=1S/C16H17N3OS/c1-12-6-5-9-14(18-12)16(20)19(11-10-15(17)21)13-7-3-2-4-8-13/h2-9H,10-11H2,1H3,(H2,17,21). The predicted octanol–water partition coefficient (Wildman–Crippen LogP) is 2.71. The van der Waals surface area contributed by atoms with Gasteiger partial charge in [0.25, 0.3) is 5.91 Å². The molecule has 2 N–H and O–H groups in total. The lowest BCUT2D eigenvalue weighted by atomic mass is 10.2. The van der Waals surface area contributed by atoms with Gasteiger partial charge in [-0.1, -0.05) is 36.5 Å². The number of aromatic nitrogens is 1. The lowest BCUT2D eigenvalue weighted by Gasteiger charge is -2.22. The molecule has 2 rings (SSSR count). The third-order valence-electron chi connectivity index (χ3n) is 3.00. The van der Waals surface area contributed by atoms with Crippen LogP contribution >= 0.6 is 12.2 Å². The second-order valence-electron chi connectivity index (χ2n) is 4.67. The largest absolute Gasteiger partial charge is 0.393 e. The molecule has 0 spiro atoms. The quantitative estimate of drug-likeness (QED) is 0.862. The van der Waals surface area contributed by atoms with Crippen LogP contribution < -0.4 is 10.6 Å².